The average Bonchev–Trinajstić information content (AvgIpc) is 3.18. The van der Waals surface area contributed by atoms with Crippen LogP contribution < -0.4 is 5.32 Å². The van der Waals surface area contributed by atoms with E-state index < -0.39 is 4.92 Å². The lowest BCUT2D eigenvalue weighted by Gasteiger charge is -2.03. The molecule has 1 heterocycles. The summed E-state index contributed by atoms with van der Waals surface area (Å²) in [6.45, 7) is 2.00. The van der Waals surface area contributed by atoms with Gasteiger partial charge >= 0.3 is 0 Å². The SMILES string of the molecule is Cc1ccc(-c2sc(NC(=O)c3cccc(Cl)c3)nc2-c2ccc([N+](=O)[O-])cc2)cc1. The zero-order valence-electron chi connectivity index (χ0n) is 16.3. The van der Waals surface area contributed by atoms with Crippen molar-refractivity contribution < 1.29 is 9.72 Å². The first-order chi connectivity index (χ1) is 14.9. The summed E-state index contributed by atoms with van der Waals surface area (Å²) >= 11 is 7.33. The van der Waals surface area contributed by atoms with Crippen molar-refractivity contribution in [3.63, 3.8) is 0 Å². The standard InChI is InChI=1S/C23H16ClN3O3S/c1-14-5-7-16(8-6-14)21-20(15-9-11-19(12-10-15)27(29)30)25-23(31-21)26-22(28)17-3-2-4-18(24)13-17/h2-13H,1H3,(H,25,26,28). The van der Waals surface area contributed by atoms with Gasteiger partial charge in [0, 0.05) is 28.3 Å². The molecule has 0 aliphatic heterocycles. The molecule has 1 amide bonds. The zero-order valence-corrected chi connectivity index (χ0v) is 17.9. The number of rotatable bonds is 5. The number of hydrogen-bond acceptors (Lipinski definition) is 5. The molecule has 0 bridgehead atoms. The van der Waals surface area contributed by atoms with Crippen LogP contribution in [0.25, 0.3) is 21.7 Å². The Hall–Kier alpha value is -3.55. The Kier molecular flexibility index (Phi) is 5.79. The third-order valence-corrected chi connectivity index (χ3v) is 5.85. The van der Waals surface area contributed by atoms with Crippen molar-refractivity contribution in [2.24, 2.45) is 0 Å². The largest absolute Gasteiger partial charge is 0.298 e. The molecule has 0 saturated heterocycles. The highest BCUT2D eigenvalue weighted by molar-refractivity contribution is 7.19. The van der Waals surface area contributed by atoms with Crippen LogP contribution in [0.3, 0.4) is 0 Å². The van der Waals surface area contributed by atoms with E-state index in [1.165, 1.54) is 23.5 Å². The number of amides is 1. The molecule has 0 aliphatic carbocycles. The van der Waals surface area contributed by atoms with Crippen LogP contribution in [0.1, 0.15) is 15.9 Å². The van der Waals surface area contributed by atoms with Gasteiger partial charge in [-0.2, -0.15) is 0 Å². The highest BCUT2D eigenvalue weighted by Gasteiger charge is 2.18. The van der Waals surface area contributed by atoms with Crippen LogP contribution in [0, 0.1) is 17.0 Å². The maximum atomic E-state index is 12.6. The number of carbonyl (C=O) groups excluding carboxylic acids is 1. The van der Waals surface area contributed by atoms with Crippen LogP contribution in [-0.4, -0.2) is 15.8 Å². The van der Waals surface area contributed by atoms with E-state index >= 15 is 0 Å². The smallest absolute Gasteiger partial charge is 0.269 e. The van der Waals surface area contributed by atoms with Crippen LogP contribution in [-0.2, 0) is 0 Å². The second kappa shape index (κ2) is 8.67. The lowest BCUT2D eigenvalue weighted by Crippen LogP contribution is -2.11. The Labute approximate surface area is 187 Å². The second-order valence-electron chi connectivity index (χ2n) is 6.83. The minimum absolute atomic E-state index is 0.00495. The van der Waals surface area contributed by atoms with Gasteiger partial charge in [0.05, 0.1) is 15.5 Å². The first-order valence-corrected chi connectivity index (χ1v) is 10.5. The summed E-state index contributed by atoms with van der Waals surface area (Å²) in [4.78, 5) is 28.7. The third kappa shape index (κ3) is 4.63. The van der Waals surface area contributed by atoms with Crippen LogP contribution >= 0.6 is 22.9 Å². The van der Waals surface area contributed by atoms with Crippen molar-refractivity contribution in [1.29, 1.82) is 0 Å². The Morgan fingerprint density at radius 1 is 1.03 bits per heavy atom. The molecule has 0 radical (unpaired) electrons. The molecule has 0 fully saturated rings. The van der Waals surface area contributed by atoms with Gasteiger partial charge in [-0.15, -0.1) is 0 Å². The van der Waals surface area contributed by atoms with Gasteiger partial charge in [0.25, 0.3) is 11.6 Å². The number of thiazole rings is 1. The number of carbonyl (C=O) groups is 1. The third-order valence-electron chi connectivity index (χ3n) is 4.60. The summed E-state index contributed by atoms with van der Waals surface area (Å²) in [5.41, 5.74) is 3.87. The molecule has 154 valence electrons. The van der Waals surface area contributed by atoms with E-state index in [9.17, 15) is 14.9 Å². The normalized spacial score (nSPS) is 10.6. The van der Waals surface area contributed by atoms with E-state index in [0.29, 0.717) is 21.4 Å². The molecular formula is C23H16ClN3O3S. The van der Waals surface area contributed by atoms with Crippen molar-refractivity contribution in [1.82, 2.24) is 4.98 Å². The molecule has 1 N–H and O–H groups in total. The van der Waals surface area contributed by atoms with Crippen molar-refractivity contribution in [3.05, 3.63) is 99.1 Å². The molecule has 0 unspecified atom stereocenters. The molecule has 0 atom stereocenters. The van der Waals surface area contributed by atoms with Crippen LogP contribution in [0.15, 0.2) is 72.8 Å². The Morgan fingerprint density at radius 2 is 1.71 bits per heavy atom. The number of aromatic nitrogens is 1. The number of benzene rings is 3. The molecule has 6 nitrogen and oxygen atoms in total. The van der Waals surface area contributed by atoms with Gasteiger partial charge in [-0.05, 0) is 42.8 Å². The summed E-state index contributed by atoms with van der Waals surface area (Å²) in [7, 11) is 0. The Balaban J connectivity index is 1.74. The van der Waals surface area contributed by atoms with E-state index in [2.05, 4.69) is 10.3 Å². The maximum Gasteiger partial charge on any atom is 0.269 e. The van der Waals surface area contributed by atoms with E-state index in [-0.39, 0.29) is 11.6 Å². The number of nitrogens with one attached hydrogen (secondary N) is 1. The molecular weight excluding hydrogens is 434 g/mol. The molecule has 0 saturated carbocycles. The number of nitro groups is 1. The second-order valence-corrected chi connectivity index (χ2v) is 8.27. The monoisotopic (exact) mass is 449 g/mol. The number of nitrogens with zero attached hydrogens (tertiary/aromatic N) is 2. The number of hydrogen-bond donors (Lipinski definition) is 1. The summed E-state index contributed by atoms with van der Waals surface area (Å²) < 4.78 is 0. The molecule has 3 aromatic carbocycles. The van der Waals surface area contributed by atoms with Crippen molar-refractivity contribution in [2.75, 3.05) is 5.32 Å². The van der Waals surface area contributed by atoms with E-state index in [1.54, 1.807) is 36.4 Å². The van der Waals surface area contributed by atoms with Gasteiger partial charge in [0.15, 0.2) is 5.13 Å². The minimum Gasteiger partial charge on any atom is -0.298 e. The number of aryl methyl sites for hydroxylation is 1. The summed E-state index contributed by atoms with van der Waals surface area (Å²) in [6, 6.07) is 20.8. The fourth-order valence-corrected chi connectivity index (χ4v) is 4.19. The maximum absolute atomic E-state index is 12.6. The molecule has 31 heavy (non-hydrogen) atoms. The number of anilines is 1. The summed E-state index contributed by atoms with van der Waals surface area (Å²) in [6.07, 6.45) is 0. The van der Waals surface area contributed by atoms with E-state index in [1.807, 2.05) is 31.2 Å². The predicted molar refractivity (Wildman–Crippen MR) is 124 cm³/mol. The van der Waals surface area contributed by atoms with Crippen LogP contribution in [0.5, 0.6) is 0 Å². The molecule has 4 rings (SSSR count). The fraction of sp³-hybridized carbons (Fsp3) is 0.0435. The van der Waals surface area contributed by atoms with Crippen LogP contribution in [0.2, 0.25) is 5.02 Å². The zero-order chi connectivity index (χ0) is 22.0. The lowest BCUT2D eigenvalue weighted by atomic mass is 10.1. The van der Waals surface area contributed by atoms with Crippen molar-refractivity contribution >= 4 is 39.7 Å². The highest BCUT2D eigenvalue weighted by Crippen LogP contribution is 2.39. The Bertz CT molecular complexity index is 1270. The van der Waals surface area contributed by atoms with Gasteiger partial charge < -0.3 is 0 Å². The first-order valence-electron chi connectivity index (χ1n) is 9.30. The molecule has 4 aromatic rings. The average molecular weight is 450 g/mol. The highest BCUT2D eigenvalue weighted by atomic mass is 35.5. The Morgan fingerprint density at radius 3 is 2.35 bits per heavy atom. The molecule has 0 spiro atoms. The van der Waals surface area contributed by atoms with Gasteiger partial charge in [-0.1, -0.05) is 58.8 Å². The summed E-state index contributed by atoms with van der Waals surface area (Å²) in [5, 5.41) is 14.7. The first kappa shape index (κ1) is 20.7. The van der Waals surface area contributed by atoms with Crippen LogP contribution in [0.4, 0.5) is 10.8 Å². The quantitative estimate of drug-likeness (QED) is 0.274. The molecule has 0 aliphatic rings. The minimum atomic E-state index is -0.442. The van der Waals surface area contributed by atoms with Crippen molar-refractivity contribution in [3.8, 4) is 21.7 Å². The number of non-ortho nitro benzene ring substituents is 1. The summed E-state index contributed by atoms with van der Waals surface area (Å²) in [5.74, 6) is -0.318. The van der Waals surface area contributed by atoms with Gasteiger partial charge in [0.2, 0.25) is 0 Å². The van der Waals surface area contributed by atoms with Gasteiger partial charge in [-0.3, -0.25) is 20.2 Å². The van der Waals surface area contributed by atoms with E-state index in [0.717, 1.165) is 21.6 Å². The van der Waals surface area contributed by atoms with Crippen molar-refractivity contribution in [2.45, 2.75) is 6.92 Å². The van der Waals surface area contributed by atoms with E-state index in [4.69, 9.17) is 11.6 Å². The molecule has 1 aromatic heterocycles. The van der Waals surface area contributed by atoms with Gasteiger partial charge in [0.1, 0.15) is 0 Å². The topological polar surface area (TPSA) is 85.1 Å². The molecule has 8 heteroatoms. The predicted octanol–water partition coefficient (Wildman–Crippen LogP) is 6.60. The fourth-order valence-electron chi connectivity index (χ4n) is 3.01. The number of nitro benzene ring substituents is 1. The van der Waals surface area contributed by atoms with Gasteiger partial charge in [-0.25, -0.2) is 4.98 Å². The number of halogens is 1. The lowest BCUT2D eigenvalue weighted by molar-refractivity contribution is -0.384.